The van der Waals surface area contributed by atoms with Crippen molar-refractivity contribution in [3.05, 3.63) is 58.1 Å². The number of carbonyl (C=O) groups excluding carboxylic acids is 1. The van der Waals surface area contributed by atoms with Gasteiger partial charge in [-0.3, -0.25) is 4.79 Å². The third kappa shape index (κ3) is 3.64. The topological polar surface area (TPSA) is 29.5 Å². The molecule has 2 aromatic rings. The fourth-order valence-corrected chi connectivity index (χ4v) is 2.80. The monoisotopic (exact) mass is 347 g/mol. The predicted octanol–water partition coefficient (Wildman–Crippen LogP) is 4.30. The maximum absolute atomic E-state index is 11.9. The molecule has 2 aromatic carbocycles. The summed E-state index contributed by atoms with van der Waals surface area (Å²) in [6.45, 7) is 2.28. The second-order valence-electron chi connectivity index (χ2n) is 4.90. The molecule has 0 unspecified atom stereocenters. The molecule has 0 saturated carbocycles. The van der Waals surface area contributed by atoms with Gasteiger partial charge < -0.3 is 9.64 Å². The fraction of sp³-hybridized carbons (Fsp3) is 0.235. The van der Waals surface area contributed by atoms with Crippen LogP contribution in [0.2, 0.25) is 0 Å². The quantitative estimate of drug-likeness (QED) is 0.755. The normalized spacial score (nSPS) is 10.3. The van der Waals surface area contributed by atoms with Crippen LogP contribution in [0, 0.1) is 0 Å². The lowest BCUT2D eigenvalue weighted by atomic mass is 10.1. The van der Waals surface area contributed by atoms with Crippen LogP contribution in [0.4, 0.5) is 5.69 Å². The largest absolute Gasteiger partial charge is 0.496 e. The zero-order chi connectivity index (χ0) is 15.4. The number of ether oxygens (including phenoxy) is 1. The van der Waals surface area contributed by atoms with E-state index >= 15 is 0 Å². The van der Waals surface area contributed by atoms with Crippen LogP contribution < -0.4 is 9.64 Å². The Kier molecular flexibility index (Phi) is 5.02. The summed E-state index contributed by atoms with van der Waals surface area (Å²) in [4.78, 5) is 14.0. The van der Waals surface area contributed by atoms with Gasteiger partial charge in [0.2, 0.25) is 0 Å². The van der Waals surface area contributed by atoms with Crippen LogP contribution in [0.5, 0.6) is 5.75 Å². The van der Waals surface area contributed by atoms with Crippen LogP contribution in [-0.2, 0) is 6.54 Å². The summed E-state index contributed by atoms with van der Waals surface area (Å²) in [7, 11) is 3.56. The predicted molar refractivity (Wildman–Crippen MR) is 89.2 cm³/mol. The first-order valence-corrected chi connectivity index (χ1v) is 7.45. The summed E-state index contributed by atoms with van der Waals surface area (Å²) in [5.41, 5.74) is 2.67. The molecule has 4 heteroatoms. The fourth-order valence-electron chi connectivity index (χ4n) is 2.36. The third-order valence-corrected chi connectivity index (χ3v) is 3.79. The minimum atomic E-state index is 0.00328. The molecular weight excluding hydrogens is 330 g/mol. The highest BCUT2D eigenvalue weighted by molar-refractivity contribution is 9.10. The van der Waals surface area contributed by atoms with Crippen molar-refractivity contribution in [3.63, 3.8) is 0 Å². The van der Waals surface area contributed by atoms with Crippen molar-refractivity contribution in [2.24, 2.45) is 0 Å². The Morgan fingerprint density at radius 3 is 2.57 bits per heavy atom. The molecule has 0 aliphatic carbocycles. The number of anilines is 1. The number of nitrogens with zero attached hydrogens (tertiary/aromatic N) is 1. The Hall–Kier alpha value is -1.81. The molecule has 0 spiro atoms. The molecule has 0 saturated heterocycles. The molecule has 21 heavy (non-hydrogen) atoms. The maximum atomic E-state index is 11.9. The van der Waals surface area contributed by atoms with Gasteiger partial charge in [-0.1, -0.05) is 34.1 Å². The van der Waals surface area contributed by atoms with Crippen molar-refractivity contribution >= 4 is 27.4 Å². The lowest BCUT2D eigenvalue weighted by Crippen LogP contribution is -2.19. The Morgan fingerprint density at radius 2 is 1.95 bits per heavy atom. The zero-order valence-electron chi connectivity index (χ0n) is 12.4. The van der Waals surface area contributed by atoms with Crippen molar-refractivity contribution in [2.75, 3.05) is 19.1 Å². The van der Waals surface area contributed by atoms with Crippen molar-refractivity contribution < 1.29 is 9.53 Å². The van der Waals surface area contributed by atoms with Gasteiger partial charge in [0.05, 0.1) is 18.4 Å². The van der Waals surface area contributed by atoms with Gasteiger partial charge in [0.25, 0.3) is 0 Å². The molecule has 0 aliphatic rings. The zero-order valence-corrected chi connectivity index (χ0v) is 14.0. The summed E-state index contributed by atoms with van der Waals surface area (Å²) < 4.78 is 6.36. The number of ketones is 1. The number of hydrogen-bond donors (Lipinski definition) is 0. The maximum Gasteiger partial charge on any atom is 0.165 e. The summed E-state index contributed by atoms with van der Waals surface area (Å²) in [5, 5.41) is 0. The first-order valence-electron chi connectivity index (χ1n) is 6.66. The number of halogens is 1. The van der Waals surface area contributed by atoms with Crippen molar-refractivity contribution in [1.82, 2.24) is 0 Å². The molecule has 3 nitrogen and oxygen atoms in total. The van der Waals surface area contributed by atoms with Crippen molar-refractivity contribution in [2.45, 2.75) is 13.5 Å². The van der Waals surface area contributed by atoms with Gasteiger partial charge in [-0.05, 0) is 36.8 Å². The van der Waals surface area contributed by atoms with Gasteiger partial charge in [0.15, 0.2) is 5.78 Å². The van der Waals surface area contributed by atoms with E-state index in [9.17, 15) is 4.79 Å². The number of Topliss-reactive ketones (excluding diaryl/α,β-unsaturated/α-hetero) is 1. The van der Waals surface area contributed by atoms with E-state index in [0.29, 0.717) is 17.9 Å². The molecule has 0 radical (unpaired) electrons. The second kappa shape index (κ2) is 6.76. The molecule has 2 rings (SSSR count). The van der Waals surface area contributed by atoms with Crippen LogP contribution >= 0.6 is 15.9 Å². The van der Waals surface area contributed by atoms with Gasteiger partial charge in [-0.25, -0.2) is 0 Å². The van der Waals surface area contributed by atoms with Crippen molar-refractivity contribution in [3.8, 4) is 5.75 Å². The molecular formula is C17H18BrNO2. The summed E-state index contributed by atoms with van der Waals surface area (Å²) >= 11 is 3.48. The van der Waals surface area contributed by atoms with Crippen molar-refractivity contribution in [1.29, 1.82) is 0 Å². The Bertz CT molecular complexity index is 655. The lowest BCUT2D eigenvalue weighted by molar-refractivity contribution is 0.101. The number of carbonyl (C=O) groups is 1. The van der Waals surface area contributed by atoms with E-state index in [-0.39, 0.29) is 5.78 Å². The van der Waals surface area contributed by atoms with Gasteiger partial charge in [-0.2, -0.15) is 0 Å². The Balaban J connectivity index is 2.35. The number of rotatable bonds is 5. The first-order chi connectivity index (χ1) is 10.0. The highest BCUT2D eigenvalue weighted by atomic mass is 79.9. The highest BCUT2D eigenvalue weighted by Gasteiger charge is 2.16. The van der Waals surface area contributed by atoms with Crippen LogP contribution in [-0.4, -0.2) is 19.9 Å². The van der Waals surface area contributed by atoms with E-state index in [1.54, 1.807) is 14.0 Å². The molecule has 110 valence electrons. The number of hydrogen-bond acceptors (Lipinski definition) is 3. The third-order valence-electron chi connectivity index (χ3n) is 3.30. The minimum absolute atomic E-state index is 0.00328. The van der Waals surface area contributed by atoms with E-state index in [2.05, 4.69) is 33.0 Å². The number of benzene rings is 2. The molecule has 0 heterocycles. The van der Waals surface area contributed by atoms with Gasteiger partial charge in [0.1, 0.15) is 5.75 Å². The summed E-state index contributed by atoms with van der Waals surface area (Å²) in [6.07, 6.45) is 0. The van der Waals surface area contributed by atoms with E-state index in [1.807, 2.05) is 37.4 Å². The average molecular weight is 348 g/mol. The standard InChI is InChI=1S/C17H18BrNO2/c1-12(20)17-15(8-5-9-16(17)21-3)19(2)11-13-6-4-7-14(18)10-13/h4-10H,11H2,1-3H3. The number of methoxy groups -OCH3 is 1. The smallest absolute Gasteiger partial charge is 0.165 e. The molecule has 0 fully saturated rings. The van der Waals surface area contributed by atoms with Crippen LogP contribution in [0.25, 0.3) is 0 Å². The molecule has 0 amide bonds. The molecule has 0 bridgehead atoms. The molecule has 0 N–H and O–H groups in total. The SMILES string of the molecule is COc1cccc(N(C)Cc2cccc(Br)c2)c1C(C)=O. The van der Waals surface area contributed by atoms with Gasteiger partial charge >= 0.3 is 0 Å². The van der Waals surface area contributed by atoms with E-state index in [4.69, 9.17) is 4.74 Å². The van der Waals surface area contributed by atoms with E-state index in [0.717, 1.165) is 10.2 Å². The minimum Gasteiger partial charge on any atom is -0.496 e. The summed E-state index contributed by atoms with van der Waals surface area (Å²) in [5.74, 6) is 0.615. The molecule has 0 aromatic heterocycles. The molecule has 0 atom stereocenters. The Morgan fingerprint density at radius 1 is 1.24 bits per heavy atom. The van der Waals surface area contributed by atoms with E-state index in [1.165, 1.54) is 5.56 Å². The molecule has 0 aliphatic heterocycles. The Labute approximate surface area is 133 Å². The van der Waals surface area contributed by atoms with Gasteiger partial charge in [0, 0.05) is 18.1 Å². The lowest BCUT2D eigenvalue weighted by Gasteiger charge is -2.23. The average Bonchev–Trinajstić information content (AvgIpc) is 2.46. The summed E-state index contributed by atoms with van der Waals surface area (Å²) in [6, 6.07) is 13.8. The van der Waals surface area contributed by atoms with Gasteiger partial charge in [-0.15, -0.1) is 0 Å². The van der Waals surface area contributed by atoms with Crippen LogP contribution in [0.15, 0.2) is 46.9 Å². The van der Waals surface area contributed by atoms with Crippen LogP contribution in [0.1, 0.15) is 22.8 Å². The highest BCUT2D eigenvalue weighted by Crippen LogP contribution is 2.30. The second-order valence-corrected chi connectivity index (χ2v) is 5.81. The first kappa shape index (κ1) is 15.6. The van der Waals surface area contributed by atoms with E-state index < -0.39 is 0 Å². The van der Waals surface area contributed by atoms with Crippen LogP contribution in [0.3, 0.4) is 0 Å².